The summed E-state index contributed by atoms with van der Waals surface area (Å²) in [7, 11) is 3.17. The third-order valence-electron chi connectivity index (χ3n) is 2.80. The molecule has 0 aliphatic heterocycles. The second-order valence-corrected chi connectivity index (χ2v) is 3.87. The molecular weight excluding hydrogens is 226 g/mol. The van der Waals surface area contributed by atoms with Crippen molar-refractivity contribution >= 4 is 11.7 Å². The highest BCUT2D eigenvalue weighted by Gasteiger charge is 2.11. The molecule has 2 aromatic rings. The fourth-order valence-corrected chi connectivity index (χ4v) is 1.85. The van der Waals surface area contributed by atoms with Gasteiger partial charge < -0.3 is 10.1 Å². The standard InChI is InChI=1S/C15H15NO2/c1-16-14-10-12(11-6-4-3-5-7-11)8-9-13(14)15(17)18-2/h3-10,16H,1-2H3. The van der Waals surface area contributed by atoms with Crippen LogP contribution in [-0.4, -0.2) is 20.1 Å². The van der Waals surface area contributed by atoms with E-state index in [1.165, 1.54) is 7.11 Å². The highest BCUT2D eigenvalue weighted by molar-refractivity contribution is 5.96. The fraction of sp³-hybridized carbons (Fsp3) is 0.133. The number of methoxy groups -OCH3 is 1. The molecule has 0 radical (unpaired) electrons. The number of carbonyl (C=O) groups excluding carboxylic acids is 1. The van der Waals surface area contributed by atoms with Gasteiger partial charge in [-0.25, -0.2) is 4.79 Å². The summed E-state index contributed by atoms with van der Waals surface area (Å²) < 4.78 is 4.75. The minimum atomic E-state index is -0.334. The van der Waals surface area contributed by atoms with Gasteiger partial charge in [-0.2, -0.15) is 0 Å². The third-order valence-corrected chi connectivity index (χ3v) is 2.80. The lowest BCUT2D eigenvalue weighted by molar-refractivity contribution is 0.0602. The first-order valence-corrected chi connectivity index (χ1v) is 5.72. The van der Waals surface area contributed by atoms with Crippen LogP contribution in [0, 0.1) is 0 Å². The van der Waals surface area contributed by atoms with Gasteiger partial charge in [0.1, 0.15) is 0 Å². The Morgan fingerprint density at radius 1 is 1.06 bits per heavy atom. The van der Waals surface area contributed by atoms with E-state index in [9.17, 15) is 4.79 Å². The summed E-state index contributed by atoms with van der Waals surface area (Å²) in [6.45, 7) is 0. The first-order chi connectivity index (χ1) is 8.76. The Morgan fingerprint density at radius 2 is 1.78 bits per heavy atom. The largest absolute Gasteiger partial charge is 0.465 e. The Kier molecular flexibility index (Phi) is 3.63. The lowest BCUT2D eigenvalue weighted by Crippen LogP contribution is -2.05. The minimum Gasteiger partial charge on any atom is -0.465 e. The van der Waals surface area contributed by atoms with Crippen molar-refractivity contribution in [3.05, 3.63) is 54.1 Å². The van der Waals surface area contributed by atoms with Gasteiger partial charge in [-0.15, -0.1) is 0 Å². The lowest BCUT2D eigenvalue weighted by Gasteiger charge is -2.10. The molecule has 0 atom stereocenters. The summed E-state index contributed by atoms with van der Waals surface area (Å²) in [5.41, 5.74) is 3.49. The molecule has 3 heteroatoms. The molecule has 0 unspecified atom stereocenters. The van der Waals surface area contributed by atoms with Crippen molar-refractivity contribution < 1.29 is 9.53 Å². The van der Waals surface area contributed by atoms with Crippen LogP contribution in [-0.2, 0) is 4.74 Å². The van der Waals surface area contributed by atoms with Gasteiger partial charge in [0.2, 0.25) is 0 Å². The Hall–Kier alpha value is -2.29. The van der Waals surface area contributed by atoms with E-state index in [1.807, 2.05) is 42.5 Å². The lowest BCUT2D eigenvalue weighted by atomic mass is 10.0. The monoisotopic (exact) mass is 241 g/mol. The van der Waals surface area contributed by atoms with Gasteiger partial charge >= 0.3 is 5.97 Å². The van der Waals surface area contributed by atoms with Crippen LogP contribution in [0.15, 0.2) is 48.5 Å². The van der Waals surface area contributed by atoms with Gasteiger partial charge in [-0.1, -0.05) is 36.4 Å². The molecule has 2 rings (SSSR count). The van der Waals surface area contributed by atoms with E-state index in [2.05, 4.69) is 5.32 Å². The van der Waals surface area contributed by atoms with E-state index >= 15 is 0 Å². The highest BCUT2D eigenvalue weighted by Crippen LogP contribution is 2.25. The zero-order valence-corrected chi connectivity index (χ0v) is 10.4. The molecule has 1 N–H and O–H groups in total. The number of hydrogen-bond acceptors (Lipinski definition) is 3. The van der Waals surface area contributed by atoms with E-state index in [0.29, 0.717) is 5.56 Å². The summed E-state index contributed by atoms with van der Waals surface area (Å²) in [6, 6.07) is 15.7. The average molecular weight is 241 g/mol. The van der Waals surface area contributed by atoms with Crippen LogP contribution in [0.4, 0.5) is 5.69 Å². The molecule has 0 aliphatic carbocycles. The zero-order chi connectivity index (χ0) is 13.0. The Labute approximate surface area is 106 Å². The normalized spacial score (nSPS) is 9.89. The van der Waals surface area contributed by atoms with Crippen LogP contribution in [0.25, 0.3) is 11.1 Å². The summed E-state index contributed by atoms with van der Waals surface area (Å²) in [5, 5.41) is 3.02. The van der Waals surface area contributed by atoms with Gasteiger partial charge in [-0.3, -0.25) is 0 Å². The van der Waals surface area contributed by atoms with Crippen LogP contribution in [0.1, 0.15) is 10.4 Å². The Bertz CT molecular complexity index is 550. The molecule has 0 saturated heterocycles. The second kappa shape index (κ2) is 5.36. The van der Waals surface area contributed by atoms with Crippen LogP contribution in [0.2, 0.25) is 0 Å². The fourth-order valence-electron chi connectivity index (χ4n) is 1.85. The van der Waals surface area contributed by atoms with Crippen molar-refractivity contribution in [1.82, 2.24) is 0 Å². The summed E-state index contributed by atoms with van der Waals surface area (Å²) in [5.74, 6) is -0.334. The molecule has 2 aromatic carbocycles. The van der Waals surface area contributed by atoms with Gasteiger partial charge in [-0.05, 0) is 23.3 Å². The maximum absolute atomic E-state index is 11.6. The maximum atomic E-state index is 11.6. The van der Waals surface area contributed by atoms with Crippen molar-refractivity contribution in [1.29, 1.82) is 0 Å². The van der Waals surface area contributed by atoms with Crippen molar-refractivity contribution in [3.63, 3.8) is 0 Å². The molecule has 0 bridgehead atoms. The molecule has 0 aliphatic rings. The van der Waals surface area contributed by atoms with Crippen molar-refractivity contribution in [2.24, 2.45) is 0 Å². The first-order valence-electron chi connectivity index (χ1n) is 5.72. The Balaban J connectivity index is 2.45. The number of esters is 1. The number of carbonyl (C=O) groups is 1. The number of ether oxygens (including phenoxy) is 1. The highest BCUT2D eigenvalue weighted by atomic mass is 16.5. The Morgan fingerprint density at radius 3 is 2.39 bits per heavy atom. The first kappa shape index (κ1) is 12.2. The van der Waals surface area contributed by atoms with Crippen LogP contribution >= 0.6 is 0 Å². The number of hydrogen-bond donors (Lipinski definition) is 1. The third kappa shape index (κ3) is 2.35. The molecule has 0 fully saturated rings. The summed E-state index contributed by atoms with van der Waals surface area (Å²) in [4.78, 5) is 11.6. The van der Waals surface area contributed by atoms with E-state index in [4.69, 9.17) is 4.74 Å². The number of nitrogens with one attached hydrogen (secondary N) is 1. The van der Waals surface area contributed by atoms with E-state index in [0.717, 1.165) is 16.8 Å². The average Bonchev–Trinajstić information content (AvgIpc) is 2.46. The van der Waals surface area contributed by atoms with E-state index in [-0.39, 0.29) is 5.97 Å². The number of anilines is 1. The predicted octanol–water partition coefficient (Wildman–Crippen LogP) is 3.18. The van der Waals surface area contributed by atoms with Gasteiger partial charge in [0, 0.05) is 12.7 Å². The van der Waals surface area contributed by atoms with Gasteiger partial charge in [0.05, 0.1) is 12.7 Å². The molecule has 0 aromatic heterocycles. The molecule has 92 valence electrons. The van der Waals surface area contributed by atoms with Gasteiger partial charge in [0.25, 0.3) is 0 Å². The van der Waals surface area contributed by atoms with Crippen LogP contribution < -0.4 is 5.32 Å². The zero-order valence-electron chi connectivity index (χ0n) is 10.4. The topological polar surface area (TPSA) is 38.3 Å². The quantitative estimate of drug-likeness (QED) is 0.839. The SMILES string of the molecule is CNc1cc(-c2ccccc2)ccc1C(=O)OC. The maximum Gasteiger partial charge on any atom is 0.339 e. The predicted molar refractivity (Wildman–Crippen MR) is 72.8 cm³/mol. The van der Waals surface area contributed by atoms with Crippen molar-refractivity contribution in [2.45, 2.75) is 0 Å². The van der Waals surface area contributed by atoms with Gasteiger partial charge in [0.15, 0.2) is 0 Å². The smallest absolute Gasteiger partial charge is 0.339 e. The molecule has 0 amide bonds. The number of rotatable bonds is 3. The van der Waals surface area contributed by atoms with Crippen LogP contribution in [0.3, 0.4) is 0 Å². The molecule has 0 saturated carbocycles. The summed E-state index contributed by atoms with van der Waals surface area (Å²) >= 11 is 0. The second-order valence-electron chi connectivity index (χ2n) is 3.87. The molecular formula is C15H15NO2. The van der Waals surface area contributed by atoms with Crippen LogP contribution in [0.5, 0.6) is 0 Å². The van der Waals surface area contributed by atoms with Crippen molar-refractivity contribution in [2.75, 3.05) is 19.5 Å². The molecule has 0 heterocycles. The van der Waals surface area contributed by atoms with Crippen molar-refractivity contribution in [3.8, 4) is 11.1 Å². The summed E-state index contributed by atoms with van der Waals surface area (Å²) in [6.07, 6.45) is 0. The van der Waals surface area contributed by atoms with E-state index in [1.54, 1.807) is 13.1 Å². The number of benzene rings is 2. The molecule has 18 heavy (non-hydrogen) atoms. The molecule has 0 spiro atoms. The molecule has 3 nitrogen and oxygen atoms in total. The van der Waals surface area contributed by atoms with E-state index < -0.39 is 0 Å². The minimum absolute atomic E-state index is 0.334.